The van der Waals surface area contributed by atoms with Crippen LogP contribution in [0.5, 0.6) is 5.75 Å². The zero-order chi connectivity index (χ0) is 12.4. The fourth-order valence-electron chi connectivity index (χ4n) is 1.33. The molecule has 6 heteroatoms. The lowest BCUT2D eigenvalue weighted by Gasteiger charge is -2.03. The predicted octanol–water partition coefficient (Wildman–Crippen LogP) is 2.70. The molecule has 0 saturated heterocycles. The van der Waals surface area contributed by atoms with E-state index >= 15 is 0 Å². The van der Waals surface area contributed by atoms with Gasteiger partial charge in [-0.15, -0.1) is 0 Å². The van der Waals surface area contributed by atoms with Gasteiger partial charge in [0, 0.05) is 11.6 Å². The topological polar surface area (TPSA) is 72.6 Å². The van der Waals surface area contributed by atoms with Crippen LogP contribution in [0.25, 0.3) is 11.3 Å². The number of methoxy groups -OCH3 is 1. The Bertz CT molecular complexity index is 564. The van der Waals surface area contributed by atoms with Gasteiger partial charge >= 0.3 is 5.97 Å². The number of carbonyl (C=O) groups is 1. The number of carboxylic acids is 1. The van der Waals surface area contributed by atoms with Gasteiger partial charge in [0.1, 0.15) is 11.4 Å². The molecule has 2 rings (SSSR count). The SMILES string of the molecule is COc1ccc(-c2cc(C(=O)O)on2)c(Cl)c1. The van der Waals surface area contributed by atoms with E-state index in [-0.39, 0.29) is 5.76 Å². The minimum absolute atomic E-state index is 0.230. The van der Waals surface area contributed by atoms with Crippen LogP contribution in [0.2, 0.25) is 5.02 Å². The fraction of sp³-hybridized carbons (Fsp3) is 0.0909. The van der Waals surface area contributed by atoms with Crippen LogP contribution >= 0.6 is 11.6 Å². The summed E-state index contributed by atoms with van der Waals surface area (Å²) < 4.78 is 9.66. The summed E-state index contributed by atoms with van der Waals surface area (Å²) in [6, 6.07) is 6.32. The third-order valence-corrected chi connectivity index (χ3v) is 2.49. The first-order valence-corrected chi connectivity index (χ1v) is 5.03. The number of aromatic carboxylic acids is 1. The molecular formula is C11H8ClNO4. The second kappa shape index (κ2) is 4.47. The predicted molar refractivity (Wildman–Crippen MR) is 60.5 cm³/mol. The Morgan fingerprint density at radius 2 is 2.24 bits per heavy atom. The molecule has 0 unspecified atom stereocenters. The van der Waals surface area contributed by atoms with Crippen molar-refractivity contribution in [2.45, 2.75) is 0 Å². The summed E-state index contributed by atoms with van der Waals surface area (Å²) in [5, 5.41) is 12.8. The van der Waals surface area contributed by atoms with Crippen LogP contribution in [0, 0.1) is 0 Å². The number of nitrogens with zero attached hydrogens (tertiary/aromatic N) is 1. The molecule has 1 heterocycles. The van der Waals surface area contributed by atoms with E-state index in [1.807, 2.05) is 0 Å². The Morgan fingerprint density at radius 1 is 1.47 bits per heavy atom. The smallest absolute Gasteiger partial charge is 0.374 e. The van der Waals surface area contributed by atoms with Crippen molar-refractivity contribution in [1.29, 1.82) is 0 Å². The summed E-state index contributed by atoms with van der Waals surface area (Å²) >= 11 is 6.02. The molecule has 0 atom stereocenters. The van der Waals surface area contributed by atoms with Crippen molar-refractivity contribution in [2.24, 2.45) is 0 Å². The van der Waals surface area contributed by atoms with Crippen molar-refractivity contribution >= 4 is 17.6 Å². The van der Waals surface area contributed by atoms with Crippen molar-refractivity contribution in [3.63, 3.8) is 0 Å². The largest absolute Gasteiger partial charge is 0.497 e. The van der Waals surface area contributed by atoms with E-state index < -0.39 is 5.97 Å². The number of halogens is 1. The average Bonchev–Trinajstić information content (AvgIpc) is 2.78. The highest BCUT2D eigenvalue weighted by Crippen LogP contribution is 2.30. The molecule has 0 aliphatic rings. The number of benzene rings is 1. The van der Waals surface area contributed by atoms with Crippen molar-refractivity contribution in [3.05, 3.63) is 35.0 Å². The molecule has 0 amide bonds. The molecule has 2 aromatic rings. The van der Waals surface area contributed by atoms with E-state index in [1.54, 1.807) is 18.2 Å². The second-order valence-corrected chi connectivity index (χ2v) is 3.63. The zero-order valence-corrected chi connectivity index (χ0v) is 9.56. The van der Waals surface area contributed by atoms with Crippen molar-refractivity contribution < 1.29 is 19.2 Å². The first-order valence-electron chi connectivity index (χ1n) is 4.65. The molecule has 0 fully saturated rings. The van der Waals surface area contributed by atoms with Crippen LogP contribution in [-0.2, 0) is 0 Å². The van der Waals surface area contributed by atoms with Crippen LogP contribution in [0.4, 0.5) is 0 Å². The summed E-state index contributed by atoms with van der Waals surface area (Å²) in [7, 11) is 1.53. The summed E-state index contributed by atoms with van der Waals surface area (Å²) in [5.74, 6) is -0.791. The van der Waals surface area contributed by atoms with Crippen LogP contribution < -0.4 is 4.74 Å². The molecule has 0 saturated carbocycles. The highest BCUT2D eigenvalue weighted by Gasteiger charge is 2.14. The molecule has 88 valence electrons. The zero-order valence-electron chi connectivity index (χ0n) is 8.81. The number of hydrogen-bond donors (Lipinski definition) is 1. The monoisotopic (exact) mass is 253 g/mol. The van der Waals surface area contributed by atoms with E-state index in [0.29, 0.717) is 22.0 Å². The van der Waals surface area contributed by atoms with Crippen molar-refractivity contribution in [2.75, 3.05) is 7.11 Å². The van der Waals surface area contributed by atoms with E-state index in [9.17, 15) is 4.79 Å². The first kappa shape index (κ1) is 11.5. The van der Waals surface area contributed by atoms with Gasteiger partial charge in [-0.1, -0.05) is 16.8 Å². The number of hydrogen-bond acceptors (Lipinski definition) is 4. The summed E-state index contributed by atoms with van der Waals surface area (Å²) in [6.45, 7) is 0. The molecule has 0 spiro atoms. The van der Waals surface area contributed by atoms with Crippen LogP contribution in [0.3, 0.4) is 0 Å². The summed E-state index contributed by atoms with van der Waals surface area (Å²) in [4.78, 5) is 10.6. The number of rotatable bonds is 3. The maximum Gasteiger partial charge on any atom is 0.374 e. The number of carboxylic acid groups (broad SMARTS) is 1. The Kier molecular flexibility index (Phi) is 3.01. The molecular weight excluding hydrogens is 246 g/mol. The van der Waals surface area contributed by atoms with Gasteiger partial charge in [-0.05, 0) is 18.2 Å². The second-order valence-electron chi connectivity index (χ2n) is 3.23. The van der Waals surface area contributed by atoms with E-state index in [1.165, 1.54) is 13.2 Å². The van der Waals surface area contributed by atoms with E-state index in [2.05, 4.69) is 9.68 Å². The highest BCUT2D eigenvalue weighted by atomic mass is 35.5. The summed E-state index contributed by atoms with van der Waals surface area (Å²) in [5.41, 5.74) is 0.957. The van der Waals surface area contributed by atoms with Crippen molar-refractivity contribution in [3.8, 4) is 17.0 Å². The maximum absolute atomic E-state index is 10.6. The van der Waals surface area contributed by atoms with Crippen LogP contribution in [0.15, 0.2) is 28.8 Å². The lowest BCUT2D eigenvalue weighted by Crippen LogP contribution is -1.91. The molecule has 1 aromatic carbocycles. The molecule has 0 radical (unpaired) electrons. The quantitative estimate of drug-likeness (QED) is 0.910. The molecule has 5 nitrogen and oxygen atoms in total. The summed E-state index contributed by atoms with van der Waals surface area (Å²) in [6.07, 6.45) is 0. The van der Waals surface area contributed by atoms with E-state index in [4.69, 9.17) is 21.4 Å². The van der Waals surface area contributed by atoms with Gasteiger partial charge in [0.2, 0.25) is 5.76 Å². The van der Waals surface area contributed by atoms with Crippen molar-refractivity contribution in [1.82, 2.24) is 5.16 Å². The first-order chi connectivity index (χ1) is 8.11. The Balaban J connectivity index is 2.42. The van der Waals surface area contributed by atoms with Crippen LogP contribution in [0.1, 0.15) is 10.6 Å². The Labute approximate surface area is 102 Å². The maximum atomic E-state index is 10.6. The molecule has 0 bridgehead atoms. The van der Waals surface area contributed by atoms with Crippen LogP contribution in [-0.4, -0.2) is 23.3 Å². The van der Waals surface area contributed by atoms with Gasteiger partial charge in [0.05, 0.1) is 12.1 Å². The normalized spacial score (nSPS) is 10.2. The van der Waals surface area contributed by atoms with Gasteiger partial charge in [-0.3, -0.25) is 0 Å². The number of aromatic nitrogens is 1. The average molecular weight is 254 g/mol. The fourth-order valence-corrected chi connectivity index (χ4v) is 1.60. The van der Waals surface area contributed by atoms with Gasteiger partial charge in [-0.2, -0.15) is 0 Å². The van der Waals surface area contributed by atoms with Gasteiger partial charge < -0.3 is 14.4 Å². The van der Waals surface area contributed by atoms with E-state index in [0.717, 1.165) is 0 Å². The van der Waals surface area contributed by atoms with Gasteiger partial charge in [0.25, 0.3) is 0 Å². The van der Waals surface area contributed by atoms with Gasteiger partial charge in [0.15, 0.2) is 0 Å². The Morgan fingerprint density at radius 3 is 2.76 bits per heavy atom. The molecule has 1 N–H and O–H groups in total. The molecule has 17 heavy (non-hydrogen) atoms. The lowest BCUT2D eigenvalue weighted by atomic mass is 10.1. The molecule has 1 aromatic heterocycles. The van der Waals surface area contributed by atoms with Gasteiger partial charge in [-0.25, -0.2) is 4.79 Å². The lowest BCUT2D eigenvalue weighted by molar-refractivity contribution is 0.0652. The molecule has 0 aliphatic carbocycles. The third-order valence-electron chi connectivity index (χ3n) is 2.17. The Hall–Kier alpha value is -2.01. The highest BCUT2D eigenvalue weighted by molar-refractivity contribution is 6.33. The minimum atomic E-state index is -1.17. The number of ether oxygens (including phenoxy) is 1. The molecule has 0 aliphatic heterocycles. The third kappa shape index (κ3) is 2.24. The standard InChI is InChI=1S/C11H8ClNO4/c1-16-6-2-3-7(8(12)4-6)9-5-10(11(14)15)17-13-9/h2-5H,1H3,(H,14,15). The minimum Gasteiger partial charge on any atom is -0.497 e.